The molecule has 108 valence electrons. The molecule has 1 atom stereocenters. The Morgan fingerprint density at radius 2 is 2.24 bits per heavy atom. The van der Waals surface area contributed by atoms with Crippen LogP contribution >= 0.6 is 0 Å². The maximum atomic E-state index is 9.78. The number of fused-ring (bicyclic) bond motifs is 3. The molecule has 0 bridgehead atoms. The zero-order chi connectivity index (χ0) is 14.4. The van der Waals surface area contributed by atoms with Crippen LogP contribution in [0.3, 0.4) is 0 Å². The van der Waals surface area contributed by atoms with Crippen molar-refractivity contribution < 1.29 is 5.11 Å². The molecule has 3 aromatic rings. The van der Waals surface area contributed by atoms with E-state index >= 15 is 0 Å². The fraction of sp³-hybridized carbons (Fsp3) is 0.375. The van der Waals surface area contributed by atoms with E-state index in [-0.39, 0.29) is 5.75 Å². The van der Waals surface area contributed by atoms with E-state index in [2.05, 4.69) is 26.8 Å². The number of nitrogens with one attached hydrogen (secondary N) is 1. The molecule has 5 heteroatoms. The first-order chi connectivity index (χ1) is 10.2. The fourth-order valence-corrected chi connectivity index (χ4v) is 3.32. The van der Waals surface area contributed by atoms with Gasteiger partial charge in [-0.1, -0.05) is 6.92 Å². The third-order valence-electron chi connectivity index (χ3n) is 4.31. The molecule has 1 unspecified atom stereocenters. The Morgan fingerprint density at radius 1 is 1.33 bits per heavy atom. The molecule has 0 radical (unpaired) electrons. The van der Waals surface area contributed by atoms with Gasteiger partial charge in [-0.15, -0.1) is 0 Å². The molecule has 5 nitrogen and oxygen atoms in total. The minimum atomic E-state index is 0.269. The van der Waals surface area contributed by atoms with E-state index in [0.29, 0.717) is 5.92 Å². The van der Waals surface area contributed by atoms with Crippen LogP contribution in [0.2, 0.25) is 0 Å². The monoisotopic (exact) mass is 282 g/mol. The minimum Gasteiger partial charge on any atom is -0.508 e. The zero-order valence-electron chi connectivity index (χ0n) is 12.0. The summed E-state index contributed by atoms with van der Waals surface area (Å²) in [4.78, 5) is 14.5. The third kappa shape index (κ3) is 2.00. The Labute approximate surface area is 122 Å². The number of phenolic OH excluding ortho intramolecular Hbond substituents is 1. The highest BCUT2D eigenvalue weighted by Gasteiger charge is 2.21. The lowest BCUT2D eigenvalue weighted by molar-refractivity contribution is 0.445. The van der Waals surface area contributed by atoms with Crippen LogP contribution in [0.5, 0.6) is 5.75 Å². The quantitative estimate of drug-likeness (QED) is 0.720. The summed E-state index contributed by atoms with van der Waals surface area (Å²) in [6.45, 7) is 4.34. The van der Waals surface area contributed by atoms with Gasteiger partial charge in [0, 0.05) is 24.0 Å². The molecule has 2 aromatic heterocycles. The molecule has 3 heterocycles. The Morgan fingerprint density at radius 3 is 3.10 bits per heavy atom. The SMILES string of the molecule is CC1CCCN(c2ncnc3[nH]c4ccc(O)cc4c23)C1. The lowest BCUT2D eigenvalue weighted by Crippen LogP contribution is -2.34. The van der Waals surface area contributed by atoms with Gasteiger partial charge in [-0.3, -0.25) is 0 Å². The predicted octanol–water partition coefficient (Wildman–Crippen LogP) is 3.05. The smallest absolute Gasteiger partial charge is 0.143 e. The lowest BCUT2D eigenvalue weighted by atomic mass is 10.00. The Hall–Kier alpha value is -2.30. The first kappa shape index (κ1) is 12.4. The van der Waals surface area contributed by atoms with Crippen molar-refractivity contribution in [2.75, 3.05) is 18.0 Å². The molecular weight excluding hydrogens is 264 g/mol. The molecule has 0 amide bonds. The lowest BCUT2D eigenvalue weighted by Gasteiger charge is -2.32. The standard InChI is InChI=1S/C16H18N4O/c1-10-3-2-6-20(8-10)16-14-12-7-11(21)4-5-13(12)19-15(14)17-9-18-16/h4-5,7,9-10,21H,2-3,6,8H2,1H3,(H,17,18,19). The summed E-state index contributed by atoms with van der Waals surface area (Å²) in [6.07, 6.45) is 4.09. The first-order valence-electron chi connectivity index (χ1n) is 7.43. The number of phenols is 1. The number of aromatic amines is 1. The summed E-state index contributed by atoms with van der Waals surface area (Å²) in [7, 11) is 0. The van der Waals surface area contributed by atoms with E-state index in [1.165, 1.54) is 12.8 Å². The summed E-state index contributed by atoms with van der Waals surface area (Å²) >= 11 is 0. The highest BCUT2D eigenvalue weighted by atomic mass is 16.3. The number of H-pyrrole nitrogens is 1. The molecule has 0 spiro atoms. The predicted molar refractivity (Wildman–Crippen MR) is 83.7 cm³/mol. The average molecular weight is 282 g/mol. The van der Waals surface area contributed by atoms with Crippen LogP contribution < -0.4 is 4.90 Å². The molecule has 0 saturated carbocycles. The van der Waals surface area contributed by atoms with Crippen molar-refractivity contribution in [3.05, 3.63) is 24.5 Å². The van der Waals surface area contributed by atoms with Gasteiger partial charge in [-0.2, -0.15) is 0 Å². The van der Waals surface area contributed by atoms with Gasteiger partial charge < -0.3 is 15.0 Å². The summed E-state index contributed by atoms with van der Waals surface area (Å²) in [5, 5.41) is 11.8. The van der Waals surface area contributed by atoms with Crippen molar-refractivity contribution in [3.63, 3.8) is 0 Å². The summed E-state index contributed by atoms with van der Waals surface area (Å²) in [6, 6.07) is 5.36. The number of benzene rings is 1. The van der Waals surface area contributed by atoms with Crippen LogP contribution in [0.15, 0.2) is 24.5 Å². The van der Waals surface area contributed by atoms with Crippen molar-refractivity contribution in [1.82, 2.24) is 15.0 Å². The van der Waals surface area contributed by atoms with Crippen molar-refractivity contribution in [2.24, 2.45) is 5.92 Å². The van der Waals surface area contributed by atoms with Crippen LogP contribution in [-0.2, 0) is 0 Å². The van der Waals surface area contributed by atoms with E-state index in [4.69, 9.17) is 0 Å². The summed E-state index contributed by atoms with van der Waals surface area (Å²) < 4.78 is 0. The van der Waals surface area contributed by atoms with Gasteiger partial charge in [0.2, 0.25) is 0 Å². The normalized spacial score (nSPS) is 19.5. The Balaban J connectivity index is 1.95. The Bertz CT molecular complexity index is 810. The van der Waals surface area contributed by atoms with Crippen LogP contribution in [0, 0.1) is 5.92 Å². The largest absolute Gasteiger partial charge is 0.508 e. The maximum Gasteiger partial charge on any atom is 0.143 e. The topological polar surface area (TPSA) is 65.0 Å². The molecule has 21 heavy (non-hydrogen) atoms. The second-order valence-electron chi connectivity index (χ2n) is 5.97. The molecule has 1 fully saturated rings. The van der Waals surface area contributed by atoms with Crippen LogP contribution in [-0.4, -0.2) is 33.1 Å². The number of piperidine rings is 1. The van der Waals surface area contributed by atoms with E-state index in [1.807, 2.05) is 6.07 Å². The van der Waals surface area contributed by atoms with Crippen molar-refractivity contribution in [2.45, 2.75) is 19.8 Å². The van der Waals surface area contributed by atoms with E-state index < -0.39 is 0 Å². The van der Waals surface area contributed by atoms with Crippen molar-refractivity contribution >= 4 is 27.8 Å². The van der Waals surface area contributed by atoms with Gasteiger partial charge in [-0.25, -0.2) is 9.97 Å². The van der Waals surface area contributed by atoms with Crippen LogP contribution in [0.4, 0.5) is 5.82 Å². The second-order valence-corrected chi connectivity index (χ2v) is 5.97. The average Bonchev–Trinajstić information content (AvgIpc) is 2.85. The molecule has 0 aliphatic carbocycles. The molecule has 1 aromatic carbocycles. The first-order valence-corrected chi connectivity index (χ1v) is 7.43. The maximum absolute atomic E-state index is 9.78. The molecule has 1 aliphatic heterocycles. The number of rotatable bonds is 1. The van der Waals surface area contributed by atoms with Crippen LogP contribution in [0.25, 0.3) is 21.9 Å². The molecule has 1 saturated heterocycles. The summed E-state index contributed by atoms with van der Waals surface area (Å²) in [5.74, 6) is 1.93. The molecule has 4 rings (SSSR count). The number of aromatic nitrogens is 3. The van der Waals surface area contributed by atoms with Gasteiger partial charge >= 0.3 is 0 Å². The van der Waals surface area contributed by atoms with Crippen molar-refractivity contribution in [1.29, 1.82) is 0 Å². The van der Waals surface area contributed by atoms with E-state index in [9.17, 15) is 5.11 Å². The highest BCUT2D eigenvalue weighted by molar-refractivity contribution is 6.11. The van der Waals surface area contributed by atoms with Crippen LogP contribution in [0.1, 0.15) is 19.8 Å². The fourth-order valence-electron chi connectivity index (χ4n) is 3.32. The van der Waals surface area contributed by atoms with Gasteiger partial charge in [-0.05, 0) is 37.0 Å². The molecule has 1 aliphatic rings. The minimum absolute atomic E-state index is 0.269. The summed E-state index contributed by atoms with van der Waals surface area (Å²) in [5.41, 5.74) is 1.81. The highest BCUT2D eigenvalue weighted by Crippen LogP contribution is 2.34. The molecule has 2 N–H and O–H groups in total. The van der Waals surface area contributed by atoms with Gasteiger partial charge in [0.1, 0.15) is 23.5 Å². The number of nitrogens with zero attached hydrogens (tertiary/aromatic N) is 3. The number of hydrogen-bond donors (Lipinski definition) is 2. The Kier molecular flexibility index (Phi) is 2.74. The second kappa shape index (κ2) is 4.62. The zero-order valence-corrected chi connectivity index (χ0v) is 12.0. The van der Waals surface area contributed by atoms with Crippen molar-refractivity contribution in [3.8, 4) is 5.75 Å². The van der Waals surface area contributed by atoms with E-state index in [1.54, 1.807) is 18.5 Å². The van der Waals surface area contributed by atoms with Gasteiger partial charge in [0.15, 0.2) is 0 Å². The number of hydrogen-bond acceptors (Lipinski definition) is 4. The third-order valence-corrected chi connectivity index (χ3v) is 4.31. The molecular formula is C16H18N4O. The van der Waals surface area contributed by atoms with E-state index in [0.717, 1.165) is 40.8 Å². The van der Waals surface area contributed by atoms with Gasteiger partial charge in [0.05, 0.1) is 5.39 Å². The van der Waals surface area contributed by atoms with Gasteiger partial charge in [0.25, 0.3) is 0 Å². The number of aromatic hydroxyl groups is 1. The number of anilines is 1.